The number of benzene rings is 2. The standard InChI is InChI=1S/C22H27N3O4S/c1-17(19-8-4-2-5-9-19)24-22(27)21(26)23-16-18-10-12-20(13-11-18)30(28,29)25-14-6-3-7-15-25/h2,4-5,8-13,17H,3,6-7,14-16H2,1H3,(H,23,26)(H,24,27). The Labute approximate surface area is 177 Å². The van der Waals surface area contributed by atoms with Crippen molar-refractivity contribution in [1.82, 2.24) is 14.9 Å². The summed E-state index contributed by atoms with van der Waals surface area (Å²) >= 11 is 0. The van der Waals surface area contributed by atoms with Crippen LogP contribution < -0.4 is 10.6 Å². The summed E-state index contributed by atoms with van der Waals surface area (Å²) in [5, 5.41) is 5.23. The Morgan fingerprint density at radius 1 is 0.933 bits per heavy atom. The molecule has 1 aliphatic rings. The zero-order valence-electron chi connectivity index (χ0n) is 17.0. The highest BCUT2D eigenvalue weighted by Crippen LogP contribution is 2.20. The van der Waals surface area contributed by atoms with Gasteiger partial charge in [-0.25, -0.2) is 8.42 Å². The molecule has 2 aromatic carbocycles. The van der Waals surface area contributed by atoms with Gasteiger partial charge in [-0.1, -0.05) is 48.9 Å². The van der Waals surface area contributed by atoms with Crippen molar-refractivity contribution in [3.8, 4) is 0 Å². The van der Waals surface area contributed by atoms with E-state index in [1.54, 1.807) is 24.3 Å². The molecule has 1 saturated heterocycles. The van der Waals surface area contributed by atoms with Gasteiger partial charge in [0, 0.05) is 19.6 Å². The van der Waals surface area contributed by atoms with Crippen LogP contribution in [0, 0.1) is 0 Å². The summed E-state index contributed by atoms with van der Waals surface area (Å²) in [6.07, 6.45) is 2.82. The maximum absolute atomic E-state index is 12.7. The number of piperidine rings is 1. The minimum Gasteiger partial charge on any atom is -0.344 e. The van der Waals surface area contributed by atoms with Crippen molar-refractivity contribution in [1.29, 1.82) is 0 Å². The van der Waals surface area contributed by atoms with E-state index < -0.39 is 21.8 Å². The summed E-state index contributed by atoms with van der Waals surface area (Å²) in [6, 6.07) is 15.5. The Morgan fingerprint density at radius 2 is 1.57 bits per heavy atom. The van der Waals surface area contributed by atoms with Crippen molar-refractivity contribution in [2.45, 2.75) is 43.7 Å². The van der Waals surface area contributed by atoms with Gasteiger partial charge in [0.1, 0.15) is 0 Å². The minimum atomic E-state index is -3.48. The number of carbonyl (C=O) groups is 2. The first-order chi connectivity index (χ1) is 14.4. The van der Waals surface area contributed by atoms with E-state index in [2.05, 4.69) is 10.6 Å². The first kappa shape index (κ1) is 22.0. The van der Waals surface area contributed by atoms with Gasteiger partial charge in [0.05, 0.1) is 10.9 Å². The largest absolute Gasteiger partial charge is 0.344 e. The first-order valence-corrected chi connectivity index (χ1v) is 11.5. The van der Waals surface area contributed by atoms with Gasteiger partial charge in [0.25, 0.3) is 0 Å². The Morgan fingerprint density at radius 3 is 2.20 bits per heavy atom. The lowest BCUT2D eigenvalue weighted by Crippen LogP contribution is -2.40. The fraction of sp³-hybridized carbons (Fsp3) is 0.364. The highest BCUT2D eigenvalue weighted by Gasteiger charge is 2.25. The van der Waals surface area contributed by atoms with Crippen LogP contribution in [0.3, 0.4) is 0 Å². The molecule has 30 heavy (non-hydrogen) atoms. The van der Waals surface area contributed by atoms with E-state index in [0.717, 1.165) is 24.8 Å². The fourth-order valence-corrected chi connectivity index (χ4v) is 4.90. The van der Waals surface area contributed by atoms with E-state index in [4.69, 9.17) is 0 Å². The van der Waals surface area contributed by atoms with Crippen molar-refractivity contribution in [2.24, 2.45) is 0 Å². The first-order valence-electron chi connectivity index (χ1n) is 10.1. The van der Waals surface area contributed by atoms with E-state index in [1.807, 2.05) is 37.3 Å². The molecular formula is C22H27N3O4S. The summed E-state index contributed by atoms with van der Waals surface area (Å²) in [7, 11) is -3.48. The Kier molecular flexibility index (Phi) is 7.23. The van der Waals surface area contributed by atoms with Crippen molar-refractivity contribution in [3.63, 3.8) is 0 Å². The molecule has 1 unspecified atom stereocenters. The van der Waals surface area contributed by atoms with Crippen LogP contribution in [0.25, 0.3) is 0 Å². The molecule has 0 bridgehead atoms. The normalized spacial score (nSPS) is 15.9. The van der Waals surface area contributed by atoms with Crippen LogP contribution in [0.5, 0.6) is 0 Å². The number of carbonyl (C=O) groups excluding carboxylic acids is 2. The van der Waals surface area contributed by atoms with Gasteiger partial charge in [-0.2, -0.15) is 4.31 Å². The fourth-order valence-electron chi connectivity index (χ4n) is 3.38. The molecule has 0 aliphatic carbocycles. The van der Waals surface area contributed by atoms with Crippen LogP contribution in [-0.4, -0.2) is 37.6 Å². The monoisotopic (exact) mass is 429 g/mol. The maximum Gasteiger partial charge on any atom is 0.309 e. The molecule has 1 atom stereocenters. The summed E-state index contributed by atoms with van der Waals surface area (Å²) in [5.74, 6) is -1.45. The molecule has 2 aromatic rings. The Balaban J connectivity index is 1.53. The molecule has 0 spiro atoms. The molecule has 1 fully saturated rings. The number of nitrogens with zero attached hydrogens (tertiary/aromatic N) is 1. The van der Waals surface area contributed by atoms with Crippen LogP contribution in [0.2, 0.25) is 0 Å². The predicted octanol–water partition coefficient (Wildman–Crippen LogP) is 2.35. The number of sulfonamides is 1. The van der Waals surface area contributed by atoms with Crippen molar-refractivity contribution in [3.05, 3.63) is 65.7 Å². The molecule has 0 radical (unpaired) electrons. The average molecular weight is 430 g/mol. The zero-order valence-corrected chi connectivity index (χ0v) is 17.8. The van der Waals surface area contributed by atoms with Crippen LogP contribution in [0.4, 0.5) is 0 Å². The number of hydrogen-bond donors (Lipinski definition) is 2. The number of amides is 2. The SMILES string of the molecule is CC(NC(=O)C(=O)NCc1ccc(S(=O)(=O)N2CCCCC2)cc1)c1ccccc1. The number of rotatable bonds is 6. The zero-order chi connectivity index (χ0) is 21.6. The summed E-state index contributed by atoms with van der Waals surface area (Å²) < 4.78 is 26.9. The van der Waals surface area contributed by atoms with Gasteiger partial charge in [0.15, 0.2) is 0 Å². The third kappa shape index (κ3) is 5.46. The summed E-state index contributed by atoms with van der Waals surface area (Å²) in [4.78, 5) is 24.4. The van der Waals surface area contributed by atoms with Crippen molar-refractivity contribution in [2.75, 3.05) is 13.1 Å². The second kappa shape index (κ2) is 9.86. The molecule has 8 heteroatoms. The number of nitrogens with one attached hydrogen (secondary N) is 2. The molecule has 3 rings (SSSR count). The van der Waals surface area contributed by atoms with Gasteiger partial charge >= 0.3 is 11.8 Å². The lowest BCUT2D eigenvalue weighted by molar-refractivity contribution is -0.139. The minimum absolute atomic E-state index is 0.135. The van der Waals surface area contributed by atoms with Crippen LogP contribution in [-0.2, 0) is 26.2 Å². The number of hydrogen-bond acceptors (Lipinski definition) is 4. The predicted molar refractivity (Wildman–Crippen MR) is 114 cm³/mol. The smallest absolute Gasteiger partial charge is 0.309 e. The molecule has 7 nitrogen and oxygen atoms in total. The molecule has 2 N–H and O–H groups in total. The second-order valence-corrected chi connectivity index (χ2v) is 9.34. The van der Waals surface area contributed by atoms with Crippen LogP contribution in [0.1, 0.15) is 43.4 Å². The van der Waals surface area contributed by atoms with Gasteiger partial charge < -0.3 is 10.6 Å². The Hall–Kier alpha value is -2.71. The van der Waals surface area contributed by atoms with Gasteiger partial charge in [-0.3, -0.25) is 9.59 Å². The topological polar surface area (TPSA) is 95.6 Å². The van der Waals surface area contributed by atoms with Gasteiger partial charge in [0.2, 0.25) is 10.0 Å². The maximum atomic E-state index is 12.7. The molecule has 0 aromatic heterocycles. The van der Waals surface area contributed by atoms with E-state index in [-0.39, 0.29) is 17.5 Å². The Bertz CT molecular complexity index is 969. The molecule has 1 heterocycles. The molecule has 0 saturated carbocycles. The molecule has 1 aliphatic heterocycles. The lowest BCUT2D eigenvalue weighted by atomic mass is 10.1. The molecular weight excluding hydrogens is 402 g/mol. The van der Waals surface area contributed by atoms with E-state index >= 15 is 0 Å². The van der Waals surface area contributed by atoms with Crippen molar-refractivity contribution < 1.29 is 18.0 Å². The van der Waals surface area contributed by atoms with Crippen LogP contribution in [0.15, 0.2) is 59.5 Å². The summed E-state index contributed by atoms with van der Waals surface area (Å²) in [6.45, 7) is 3.05. The quantitative estimate of drug-likeness (QED) is 0.689. The van der Waals surface area contributed by atoms with E-state index in [1.165, 1.54) is 4.31 Å². The van der Waals surface area contributed by atoms with E-state index in [9.17, 15) is 18.0 Å². The lowest BCUT2D eigenvalue weighted by Gasteiger charge is -2.25. The molecule has 160 valence electrons. The third-order valence-corrected chi connectivity index (χ3v) is 7.10. The van der Waals surface area contributed by atoms with Gasteiger partial charge in [-0.05, 0) is 43.0 Å². The highest BCUT2D eigenvalue weighted by molar-refractivity contribution is 7.89. The second-order valence-electron chi connectivity index (χ2n) is 7.40. The highest BCUT2D eigenvalue weighted by atomic mass is 32.2. The molecule has 2 amide bonds. The van der Waals surface area contributed by atoms with Gasteiger partial charge in [-0.15, -0.1) is 0 Å². The van der Waals surface area contributed by atoms with E-state index in [0.29, 0.717) is 18.7 Å². The summed E-state index contributed by atoms with van der Waals surface area (Å²) in [5.41, 5.74) is 1.62. The van der Waals surface area contributed by atoms with Crippen molar-refractivity contribution >= 4 is 21.8 Å². The van der Waals surface area contributed by atoms with Crippen LogP contribution >= 0.6 is 0 Å². The third-order valence-electron chi connectivity index (χ3n) is 5.18. The average Bonchev–Trinajstić information content (AvgIpc) is 2.78.